The molecule has 0 radical (unpaired) electrons. The zero-order chi connectivity index (χ0) is 14.2. The Morgan fingerprint density at radius 3 is 1.43 bits per heavy atom. The topological polar surface area (TPSA) is 0 Å². The third-order valence-corrected chi connectivity index (χ3v) is 9.10. The van der Waals surface area contributed by atoms with E-state index in [9.17, 15) is 0 Å². The second-order valence-corrected chi connectivity index (χ2v) is 8.69. The molecule has 0 aromatic rings. The molecule has 114 valence electrons. The van der Waals surface area contributed by atoms with Gasteiger partial charge in [-0.2, -0.15) is 0 Å². The van der Waals surface area contributed by atoms with Crippen molar-refractivity contribution in [1.29, 1.82) is 0 Å². The van der Waals surface area contributed by atoms with Crippen LogP contribution in [0.5, 0.6) is 0 Å². The first-order valence-electron chi connectivity index (χ1n) is 6.80. The third kappa shape index (κ3) is 4.01. The molecule has 2 atom stereocenters. The van der Waals surface area contributed by atoms with Crippen molar-refractivity contribution in [2.75, 3.05) is 0 Å². The average Bonchev–Trinajstić information content (AvgIpc) is 2.83. The van der Waals surface area contributed by atoms with E-state index in [0.29, 0.717) is 11.8 Å². The van der Waals surface area contributed by atoms with E-state index in [4.69, 9.17) is 0 Å². The van der Waals surface area contributed by atoms with Crippen molar-refractivity contribution in [3.63, 3.8) is 0 Å². The van der Waals surface area contributed by atoms with Gasteiger partial charge in [-0.25, -0.2) is 0 Å². The minimum atomic E-state index is -0.723. The molecule has 2 rings (SSSR count). The van der Waals surface area contributed by atoms with Crippen molar-refractivity contribution in [2.45, 2.75) is 27.7 Å². The Bertz CT molecular complexity index is 512. The molecule has 0 aromatic heterocycles. The summed E-state index contributed by atoms with van der Waals surface area (Å²) in [7, 11) is 0. The second kappa shape index (κ2) is 8.51. The van der Waals surface area contributed by atoms with E-state index >= 15 is 0 Å². The van der Waals surface area contributed by atoms with Crippen molar-refractivity contribution >= 4 is 24.8 Å². The number of allylic oxidation sites excluding steroid dienone is 10. The van der Waals surface area contributed by atoms with Gasteiger partial charge < -0.3 is 0 Å². The SMILES string of the molecule is C=CC1C=C(C)C(C)=[C]1[Zr][C]1=C(C)C(C)=CC1C=C.Cl.Cl. The van der Waals surface area contributed by atoms with E-state index in [0.717, 1.165) is 0 Å². The minimum absolute atomic E-state index is 0. The van der Waals surface area contributed by atoms with Gasteiger partial charge in [0.2, 0.25) is 0 Å². The van der Waals surface area contributed by atoms with Gasteiger partial charge in [0, 0.05) is 0 Å². The Kier molecular flexibility index (Phi) is 8.47. The molecule has 2 aliphatic rings. The normalized spacial score (nSPS) is 24.0. The molecule has 0 amide bonds. The molecule has 0 heterocycles. The van der Waals surface area contributed by atoms with Crippen LogP contribution in [0.1, 0.15) is 27.7 Å². The van der Waals surface area contributed by atoms with Crippen molar-refractivity contribution in [1.82, 2.24) is 0 Å². The Morgan fingerprint density at radius 2 is 1.14 bits per heavy atom. The van der Waals surface area contributed by atoms with Crippen LogP contribution in [0.15, 0.2) is 66.3 Å². The number of hydrogen-bond acceptors (Lipinski definition) is 0. The smallest absolute Gasteiger partial charge is 0.147 e. The summed E-state index contributed by atoms with van der Waals surface area (Å²) in [4.78, 5) is 0. The molecule has 0 saturated carbocycles. The number of rotatable bonds is 4. The van der Waals surface area contributed by atoms with Crippen LogP contribution < -0.4 is 0 Å². The second-order valence-electron chi connectivity index (χ2n) is 5.42. The Hall–Kier alpha value is -0.0969. The molecule has 0 aliphatic heterocycles. The van der Waals surface area contributed by atoms with E-state index in [1.807, 2.05) is 0 Å². The summed E-state index contributed by atoms with van der Waals surface area (Å²) in [6.07, 6.45) is 8.94. The van der Waals surface area contributed by atoms with Crippen LogP contribution in [0.4, 0.5) is 0 Å². The average molecular weight is 403 g/mol. The van der Waals surface area contributed by atoms with Gasteiger partial charge in [-0.05, 0) is 0 Å². The molecule has 21 heavy (non-hydrogen) atoms. The molecule has 0 nitrogen and oxygen atoms in total. The summed E-state index contributed by atoms with van der Waals surface area (Å²) >= 11 is -0.723. The largest absolute Gasteiger partial charge is 0.147 e. The molecule has 3 heteroatoms. The molecule has 0 aromatic carbocycles. The standard InChI is InChI=1S/2C9H11.2ClH.Zr/c2*1-4-9-5-7(2)8(3)6-9;;;/h2*4-5,9H,1H2,2-3H3;2*1H;. The van der Waals surface area contributed by atoms with Gasteiger partial charge in [0.1, 0.15) is 0 Å². The molecule has 0 fully saturated rings. The third-order valence-electron chi connectivity index (χ3n) is 4.29. The van der Waals surface area contributed by atoms with E-state index < -0.39 is 23.2 Å². The van der Waals surface area contributed by atoms with E-state index in [-0.39, 0.29) is 24.8 Å². The van der Waals surface area contributed by atoms with Crippen molar-refractivity contribution in [2.24, 2.45) is 11.8 Å². The van der Waals surface area contributed by atoms with Gasteiger partial charge in [0.25, 0.3) is 0 Å². The molecular weight excluding hydrogens is 378 g/mol. The monoisotopic (exact) mass is 400 g/mol. The van der Waals surface area contributed by atoms with E-state index in [1.165, 1.54) is 22.3 Å². The van der Waals surface area contributed by atoms with Crippen LogP contribution in [0.3, 0.4) is 0 Å². The summed E-state index contributed by atoms with van der Waals surface area (Å²) < 4.78 is 3.36. The van der Waals surface area contributed by atoms with Crippen LogP contribution in [0.2, 0.25) is 0 Å². The molecule has 0 N–H and O–H groups in total. The van der Waals surface area contributed by atoms with Crippen LogP contribution in [0.25, 0.3) is 0 Å². The summed E-state index contributed by atoms with van der Waals surface area (Å²) in [5.74, 6) is 0.969. The summed E-state index contributed by atoms with van der Waals surface area (Å²) in [6, 6.07) is 0. The number of halogens is 2. The van der Waals surface area contributed by atoms with Crippen molar-refractivity contribution < 1.29 is 23.2 Å². The van der Waals surface area contributed by atoms with Gasteiger partial charge in [0.15, 0.2) is 0 Å². The first-order valence-corrected chi connectivity index (χ1v) is 9.26. The summed E-state index contributed by atoms with van der Waals surface area (Å²) in [6.45, 7) is 17.0. The predicted octanol–water partition coefficient (Wildman–Crippen LogP) is 5.98. The van der Waals surface area contributed by atoms with Crippen LogP contribution in [0, 0.1) is 11.8 Å². The fraction of sp³-hybridized carbons (Fsp3) is 0.333. The minimum Gasteiger partial charge on any atom is -0.147 e. The zero-order valence-corrected chi connectivity index (χ0v) is 17.3. The molecule has 0 bridgehead atoms. The van der Waals surface area contributed by atoms with Crippen LogP contribution in [-0.2, 0) is 23.2 Å². The summed E-state index contributed by atoms with van der Waals surface area (Å²) in [5, 5.41) is 0. The summed E-state index contributed by atoms with van der Waals surface area (Å²) in [5.41, 5.74) is 5.92. The van der Waals surface area contributed by atoms with Crippen molar-refractivity contribution in [3.05, 3.63) is 66.3 Å². The zero-order valence-electron chi connectivity index (χ0n) is 13.2. The van der Waals surface area contributed by atoms with E-state index in [2.05, 4.69) is 65.2 Å². The Morgan fingerprint density at radius 1 is 0.810 bits per heavy atom. The maximum absolute atomic E-state index is 4.01. The molecule has 2 unspecified atom stereocenters. The predicted molar refractivity (Wildman–Crippen MR) is 94.8 cm³/mol. The Labute approximate surface area is 153 Å². The maximum Gasteiger partial charge on any atom is -0.147 e. The van der Waals surface area contributed by atoms with Gasteiger partial charge >= 0.3 is 129 Å². The van der Waals surface area contributed by atoms with Crippen LogP contribution in [-0.4, -0.2) is 0 Å². The molecule has 2 aliphatic carbocycles. The first-order chi connectivity index (χ1) is 8.99. The molecule has 0 spiro atoms. The van der Waals surface area contributed by atoms with Gasteiger partial charge in [0.05, 0.1) is 0 Å². The Balaban J connectivity index is 0.00000200. The fourth-order valence-corrected chi connectivity index (χ4v) is 7.16. The van der Waals surface area contributed by atoms with Crippen molar-refractivity contribution in [3.8, 4) is 0 Å². The first kappa shape index (κ1) is 20.9. The van der Waals surface area contributed by atoms with Gasteiger partial charge in [-0.15, -0.1) is 24.8 Å². The van der Waals surface area contributed by atoms with Gasteiger partial charge in [-0.3, -0.25) is 0 Å². The van der Waals surface area contributed by atoms with E-state index in [1.54, 1.807) is 6.56 Å². The van der Waals surface area contributed by atoms with Crippen LogP contribution >= 0.6 is 24.8 Å². The maximum atomic E-state index is 4.01. The molecular formula is C18H24Cl2Zr. The van der Waals surface area contributed by atoms with Gasteiger partial charge in [-0.1, -0.05) is 0 Å². The number of hydrogen-bond donors (Lipinski definition) is 0. The fourth-order valence-electron chi connectivity index (χ4n) is 2.75. The quantitative estimate of drug-likeness (QED) is 0.507. The molecule has 0 saturated heterocycles.